The zero-order chi connectivity index (χ0) is 13.5. The molecule has 2 rings (SSSR count). The van der Waals surface area contributed by atoms with E-state index < -0.39 is 0 Å². The predicted molar refractivity (Wildman–Crippen MR) is 85.1 cm³/mol. The van der Waals surface area contributed by atoms with Gasteiger partial charge in [0.15, 0.2) is 4.77 Å². The predicted octanol–water partition coefficient (Wildman–Crippen LogP) is 5.36. The molecule has 0 bridgehead atoms. The average Bonchev–Trinajstić information content (AvgIpc) is 2.60. The third-order valence-electron chi connectivity index (χ3n) is 2.70. The number of hydrogen-bond donors (Lipinski definition) is 1. The van der Waals surface area contributed by atoms with E-state index in [-0.39, 0.29) is 5.41 Å². The van der Waals surface area contributed by atoms with E-state index in [2.05, 4.69) is 62.2 Å². The fourth-order valence-electron chi connectivity index (χ4n) is 1.82. The summed E-state index contributed by atoms with van der Waals surface area (Å²) in [5, 5.41) is 0. The van der Waals surface area contributed by atoms with Crippen LogP contribution in [0.1, 0.15) is 26.5 Å². The topological polar surface area (TPSA) is 20.7 Å². The van der Waals surface area contributed by atoms with E-state index in [4.69, 9.17) is 12.2 Å². The Morgan fingerprint density at radius 1 is 1.22 bits per heavy atom. The van der Waals surface area contributed by atoms with Crippen LogP contribution in [0.2, 0.25) is 0 Å². The summed E-state index contributed by atoms with van der Waals surface area (Å²) >= 11 is 12.4. The number of H-pyrrole nitrogens is 1. The zero-order valence-electron chi connectivity index (χ0n) is 10.4. The van der Waals surface area contributed by atoms with Gasteiger partial charge in [0, 0.05) is 26.3 Å². The van der Waals surface area contributed by atoms with Crippen molar-refractivity contribution in [2.45, 2.75) is 26.2 Å². The molecule has 0 aliphatic heterocycles. The fraction of sp³-hybridized carbons (Fsp3) is 0.308. The number of benzene rings is 1. The molecule has 0 saturated carbocycles. The minimum atomic E-state index is 0.0279. The maximum absolute atomic E-state index is 5.39. The third-order valence-corrected chi connectivity index (χ3v) is 4.12. The van der Waals surface area contributed by atoms with Crippen LogP contribution in [0.5, 0.6) is 0 Å². The van der Waals surface area contributed by atoms with Gasteiger partial charge in [-0.25, -0.2) is 0 Å². The summed E-state index contributed by atoms with van der Waals surface area (Å²) in [5.41, 5.74) is 2.24. The highest BCUT2D eigenvalue weighted by Gasteiger charge is 2.21. The Morgan fingerprint density at radius 2 is 1.89 bits per heavy atom. The maximum atomic E-state index is 5.39. The molecule has 18 heavy (non-hydrogen) atoms. The summed E-state index contributed by atoms with van der Waals surface area (Å²) in [6, 6.07) is 6.09. The largest absolute Gasteiger partial charge is 0.337 e. The first kappa shape index (κ1) is 14.0. The summed E-state index contributed by atoms with van der Waals surface area (Å²) in [6.07, 6.45) is 1.98. The third kappa shape index (κ3) is 2.63. The van der Waals surface area contributed by atoms with Gasteiger partial charge in [0.1, 0.15) is 0 Å². The molecule has 0 saturated heterocycles. The molecule has 0 atom stereocenters. The van der Waals surface area contributed by atoms with E-state index in [0.29, 0.717) is 4.77 Å². The van der Waals surface area contributed by atoms with Crippen molar-refractivity contribution in [2.24, 2.45) is 0 Å². The lowest BCUT2D eigenvalue weighted by molar-refractivity contribution is 0.555. The molecule has 0 unspecified atom stereocenters. The van der Waals surface area contributed by atoms with Gasteiger partial charge in [-0.2, -0.15) is 0 Å². The Hall–Kier alpha value is -0.390. The molecule has 5 heteroatoms. The maximum Gasteiger partial charge on any atom is 0.182 e. The highest BCUT2D eigenvalue weighted by atomic mass is 79.9. The van der Waals surface area contributed by atoms with E-state index in [1.165, 1.54) is 0 Å². The zero-order valence-corrected chi connectivity index (χ0v) is 14.4. The fourth-order valence-corrected chi connectivity index (χ4v) is 3.30. The molecule has 1 heterocycles. The molecular weight excluding hydrogens is 376 g/mol. The monoisotopic (exact) mass is 388 g/mol. The first-order valence-electron chi connectivity index (χ1n) is 5.57. The van der Waals surface area contributed by atoms with Crippen molar-refractivity contribution in [3.8, 4) is 5.69 Å². The van der Waals surface area contributed by atoms with Crippen molar-refractivity contribution in [3.63, 3.8) is 0 Å². The Morgan fingerprint density at radius 3 is 2.44 bits per heavy atom. The van der Waals surface area contributed by atoms with Crippen LogP contribution in [0.4, 0.5) is 0 Å². The van der Waals surface area contributed by atoms with Gasteiger partial charge in [0.25, 0.3) is 0 Å². The number of nitrogens with one attached hydrogen (secondary N) is 1. The Bertz CT molecular complexity index is 635. The molecule has 0 radical (unpaired) electrons. The number of aromatic amines is 1. The quantitative estimate of drug-likeness (QED) is 0.651. The lowest BCUT2D eigenvalue weighted by Crippen LogP contribution is -2.17. The molecular formula is C13H14Br2N2S. The van der Waals surface area contributed by atoms with Crippen molar-refractivity contribution in [2.75, 3.05) is 0 Å². The number of imidazole rings is 1. The van der Waals surface area contributed by atoms with Crippen LogP contribution < -0.4 is 0 Å². The first-order valence-corrected chi connectivity index (χ1v) is 7.56. The van der Waals surface area contributed by atoms with Gasteiger partial charge in [-0.15, -0.1) is 0 Å². The van der Waals surface area contributed by atoms with Crippen LogP contribution in [-0.2, 0) is 5.41 Å². The minimum absolute atomic E-state index is 0.0279. The molecule has 0 amide bonds. The second-order valence-electron chi connectivity index (χ2n) is 5.16. The molecule has 0 aliphatic carbocycles. The minimum Gasteiger partial charge on any atom is -0.337 e. The van der Waals surface area contributed by atoms with Crippen LogP contribution in [0.3, 0.4) is 0 Å². The molecule has 0 spiro atoms. The highest BCUT2D eigenvalue weighted by molar-refractivity contribution is 9.11. The molecule has 2 aromatic rings. The molecule has 1 N–H and O–H groups in total. The molecule has 96 valence electrons. The molecule has 2 nitrogen and oxygen atoms in total. The lowest BCUT2D eigenvalue weighted by atomic mass is 9.92. The highest BCUT2D eigenvalue weighted by Crippen LogP contribution is 2.30. The smallest absolute Gasteiger partial charge is 0.182 e. The van der Waals surface area contributed by atoms with E-state index in [1.54, 1.807) is 0 Å². The summed E-state index contributed by atoms with van der Waals surface area (Å²) < 4.78 is 4.84. The SMILES string of the molecule is CC(C)(C)c1c[nH]c(=S)n1-c1ccc(Br)cc1Br. The molecule has 1 aromatic carbocycles. The van der Waals surface area contributed by atoms with Crippen molar-refractivity contribution in [1.82, 2.24) is 9.55 Å². The number of aromatic nitrogens is 2. The van der Waals surface area contributed by atoms with Crippen LogP contribution >= 0.6 is 44.1 Å². The van der Waals surface area contributed by atoms with E-state index >= 15 is 0 Å². The van der Waals surface area contributed by atoms with E-state index in [0.717, 1.165) is 20.3 Å². The van der Waals surface area contributed by atoms with Gasteiger partial charge in [-0.3, -0.25) is 4.57 Å². The van der Waals surface area contributed by atoms with Crippen LogP contribution in [0.25, 0.3) is 5.69 Å². The van der Waals surface area contributed by atoms with Crippen molar-refractivity contribution in [1.29, 1.82) is 0 Å². The molecule has 1 aromatic heterocycles. The second kappa shape index (κ2) is 4.94. The van der Waals surface area contributed by atoms with Crippen molar-refractivity contribution in [3.05, 3.63) is 43.8 Å². The number of rotatable bonds is 1. The average molecular weight is 390 g/mol. The van der Waals surface area contributed by atoms with E-state index in [1.807, 2.05) is 24.4 Å². The standard InChI is InChI=1S/C13H14Br2N2S/c1-13(2,3)11-7-16-12(18)17(11)10-5-4-8(14)6-9(10)15/h4-7H,1-3H3,(H,16,18). The summed E-state index contributed by atoms with van der Waals surface area (Å²) in [6.45, 7) is 6.52. The van der Waals surface area contributed by atoms with Crippen molar-refractivity contribution < 1.29 is 0 Å². The van der Waals surface area contributed by atoms with E-state index in [9.17, 15) is 0 Å². The lowest BCUT2D eigenvalue weighted by Gasteiger charge is -2.21. The first-order chi connectivity index (χ1) is 8.30. The van der Waals surface area contributed by atoms with Crippen LogP contribution in [-0.4, -0.2) is 9.55 Å². The number of nitrogens with zero attached hydrogens (tertiary/aromatic N) is 1. The van der Waals surface area contributed by atoms with Gasteiger partial charge >= 0.3 is 0 Å². The normalized spacial score (nSPS) is 11.8. The second-order valence-corrected chi connectivity index (χ2v) is 7.32. The Balaban J connectivity index is 2.71. The summed E-state index contributed by atoms with van der Waals surface area (Å²) in [5.74, 6) is 0. The summed E-state index contributed by atoms with van der Waals surface area (Å²) in [7, 11) is 0. The van der Waals surface area contributed by atoms with Crippen LogP contribution in [0.15, 0.2) is 33.3 Å². The van der Waals surface area contributed by atoms with Gasteiger partial charge < -0.3 is 4.98 Å². The molecule has 0 fully saturated rings. The summed E-state index contributed by atoms with van der Waals surface area (Å²) in [4.78, 5) is 3.13. The Kier molecular flexibility index (Phi) is 3.85. The molecule has 0 aliphatic rings. The van der Waals surface area contributed by atoms with Gasteiger partial charge in [0.05, 0.1) is 5.69 Å². The number of hydrogen-bond acceptors (Lipinski definition) is 1. The van der Waals surface area contributed by atoms with Gasteiger partial charge in [-0.05, 0) is 46.3 Å². The van der Waals surface area contributed by atoms with Gasteiger partial charge in [-0.1, -0.05) is 36.7 Å². The van der Waals surface area contributed by atoms with Gasteiger partial charge in [0.2, 0.25) is 0 Å². The van der Waals surface area contributed by atoms with Crippen molar-refractivity contribution >= 4 is 44.1 Å². The Labute approximate surface area is 129 Å². The number of halogens is 2. The van der Waals surface area contributed by atoms with Crippen LogP contribution in [0, 0.1) is 4.77 Å².